The number of benzene rings is 1. The zero-order valence-electron chi connectivity index (χ0n) is 8.01. The van der Waals surface area contributed by atoms with Crippen molar-refractivity contribution in [3.63, 3.8) is 0 Å². The second-order valence-electron chi connectivity index (χ2n) is 3.77. The molecule has 1 heterocycles. The van der Waals surface area contributed by atoms with Crippen molar-refractivity contribution in [2.24, 2.45) is 0 Å². The summed E-state index contributed by atoms with van der Waals surface area (Å²) in [6.07, 6.45) is 1.22. The van der Waals surface area contributed by atoms with E-state index in [9.17, 15) is 0 Å². The number of nitrogens with one attached hydrogen (secondary N) is 1. The summed E-state index contributed by atoms with van der Waals surface area (Å²) in [6, 6.07) is 6.32. The van der Waals surface area contributed by atoms with Gasteiger partial charge in [-0.2, -0.15) is 0 Å². The number of para-hydroxylation sites is 1. The predicted octanol–water partition coefficient (Wildman–Crippen LogP) is 1.65. The van der Waals surface area contributed by atoms with Crippen molar-refractivity contribution in [3.8, 4) is 0 Å². The third kappa shape index (κ3) is 1.54. The SMILES string of the molecule is Cc1cccc(C2CCNC2)c1N. The lowest BCUT2D eigenvalue weighted by molar-refractivity contribution is 0.765. The zero-order chi connectivity index (χ0) is 9.26. The van der Waals surface area contributed by atoms with Crippen LogP contribution in [0.1, 0.15) is 23.5 Å². The Labute approximate surface area is 79.1 Å². The molecular formula is C11H16N2. The molecule has 0 aromatic heterocycles. The normalized spacial score (nSPS) is 22.1. The fourth-order valence-electron chi connectivity index (χ4n) is 1.98. The summed E-state index contributed by atoms with van der Waals surface area (Å²) in [5, 5.41) is 3.36. The highest BCUT2D eigenvalue weighted by molar-refractivity contribution is 5.54. The fourth-order valence-corrected chi connectivity index (χ4v) is 1.98. The monoisotopic (exact) mass is 176 g/mol. The maximum Gasteiger partial charge on any atom is 0.0379 e. The van der Waals surface area contributed by atoms with E-state index in [1.165, 1.54) is 17.5 Å². The summed E-state index contributed by atoms with van der Waals surface area (Å²) in [6.45, 7) is 4.27. The molecule has 13 heavy (non-hydrogen) atoms. The molecular weight excluding hydrogens is 160 g/mol. The summed E-state index contributed by atoms with van der Waals surface area (Å²) in [7, 11) is 0. The standard InChI is InChI=1S/C11H16N2/c1-8-3-2-4-10(11(8)12)9-5-6-13-7-9/h2-4,9,13H,5-7,12H2,1H3. The van der Waals surface area contributed by atoms with Crippen LogP contribution in [0.4, 0.5) is 5.69 Å². The lowest BCUT2D eigenvalue weighted by Crippen LogP contribution is -2.09. The first kappa shape index (κ1) is 8.57. The van der Waals surface area contributed by atoms with E-state index < -0.39 is 0 Å². The van der Waals surface area contributed by atoms with Crippen LogP contribution in [0.5, 0.6) is 0 Å². The van der Waals surface area contributed by atoms with Gasteiger partial charge in [-0.15, -0.1) is 0 Å². The molecule has 1 aromatic rings. The Hall–Kier alpha value is -1.02. The average molecular weight is 176 g/mol. The molecule has 3 N–H and O–H groups in total. The quantitative estimate of drug-likeness (QED) is 0.638. The number of anilines is 1. The van der Waals surface area contributed by atoms with Gasteiger partial charge < -0.3 is 11.1 Å². The molecule has 2 rings (SSSR count). The van der Waals surface area contributed by atoms with Gasteiger partial charge in [-0.3, -0.25) is 0 Å². The van der Waals surface area contributed by atoms with Crippen molar-refractivity contribution in [2.45, 2.75) is 19.3 Å². The Balaban J connectivity index is 2.33. The van der Waals surface area contributed by atoms with Gasteiger partial charge in [0, 0.05) is 12.2 Å². The third-order valence-corrected chi connectivity index (χ3v) is 2.86. The van der Waals surface area contributed by atoms with Crippen molar-refractivity contribution < 1.29 is 0 Å². The Morgan fingerprint density at radius 2 is 2.31 bits per heavy atom. The van der Waals surface area contributed by atoms with E-state index in [0.29, 0.717) is 5.92 Å². The second-order valence-corrected chi connectivity index (χ2v) is 3.77. The highest BCUT2D eigenvalue weighted by atomic mass is 14.9. The van der Waals surface area contributed by atoms with Gasteiger partial charge in [-0.25, -0.2) is 0 Å². The Morgan fingerprint density at radius 1 is 1.46 bits per heavy atom. The van der Waals surface area contributed by atoms with Crippen molar-refractivity contribution in [1.82, 2.24) is 5.32 Å². The summed E-state index contributed by atoms with van der Waals surface area (Å²) in [5.41, 5.74) is 9.54. The van der Waals surface area contributed by atoms with Gasteiger partial charge in [-0.1, -0.05) is 18.2 Å². The first-order valence-electron chi connectivity index (χ1n) is 4.84. The van der Waals surface area contributed by atoms with Gasteiger partial charge in [-0.05, 0) is 36.9 Å². The Bertz CT molecular complexity index is 301. The molecule has 0 aliphatic carbocycles. The van der Waals surface area contributed by atoms with Gasteiger partial charge in [0.1, 0.15) is 0 Å². The van der Waals surface area contributed by atoms with E-state index in [1.807, 2.05) is 0 Å². The summed E-state index contributed by atoms with van der Waals surface area (Å²) >= 11 is 0. The van der Waals surface area contributed by atoms with Gasteiger partial charge in [0.25, 0.3) is 0 Å². The summed E-state index contributed by atoms with van der Waals surface area (Å²) in [4.78, 5) is 0. The molecule has 1 unspecified atom stereocenters. The minimum Gasteiger partial charge on any atom is -0.398 e. The minimum atomic E-state index is 0.625. The molecule has 0 saturated carbocycles. The molecule has 0 amide bonds. The number of hydrogen-bond acceptors (Lipinski definition) is 2. The smallest absolute Gasteiger partial charge is 0.0379 e. The van der Waals surface area contributed by atoms with Crippen LogP contribution in [0.15, 0.2) is 18.2 Å². The van der Waals surface area contributed by atoms with E-state index in [1.54, 1.807) is 0 Å². The van der Waals surface area contributed by atoms with E-state index in [0.717, 1.165) is 18.8 Å². The molecule has 70 valence electrons. The molecule has 1 aliphatic rings. The number of nitrogen functional groups attached to an aromatic ring is 1. The fraction of sp³-hybridized carbons (Fsp3) is 0.455. The van der Waals surface area contributed by atoms with Crippen LogP contribution < -0.4 is 11.1 Å². The first-order chi connectivity index (χ1) is 6.29. The Kier molecular flexibility index (Phi) is 2.23. The van der Waals surface area contributed by atoms with E-state index in [-0.39, 0.29) is 0 Å². The molecule has 2 nitrogen and oxygen atoms in total. The Morgan fingerprint density at radius 3 is 3.00 bits per heavy atom. The van der Waals surface area contributed by atoms with E-state index >= 15 is 0 Å². The number of aryl methyl sites for hydroxylation is 1. The number of rotatable bonds is 1. The van der Waals surface area contributed by atoms with Crippen molar-refractivity contribution >= 4 is 5.69 Å². The maximum atomic E-state index is 6.03. The highest BCUT2D eigenvalue weighted by Crippen LogP contribution is 2.28. The van der Waals surface area contributed by atoms with E-state index in [2.05, 4.69) is 30.4 Å². The van der Waals surface area contributed by atoms with Crippen LogP contribution >= 0.6 is 0 Å². The number of nitrogens with two attached hydrogens (primary N) is 1. The topological polar surface area (TPSA) is 38.0 Å². The highest BCUT2D eigenvalue weighted by Gasteiger charge is 2.18. The third-order valence-electron chi connectivity index (χ3n) is 2.86. The molecule has 0 radical (unpaired) electrons. The molecule has 0 spiro atoms. The van der Waals surface area contributed by atoms with Crippen LogP contribution in [0.3, 0.4) is 0 Å². The molecule has 0 bridgehead atoms. The van der Waals surface area contributed by atoms with Crippen LogP contribution in [0, 0.1) is 6.92 Å². The van der Waals surface area contributed by atoms with E-state index in [4.69, 9.17) is 5.73 Å². The largest absolute Gasteiger partial charge is 0.398 e. The summed E-state index contributed by atoms with van der Waals surface area (Å²) in [5.74, 6) is 0.625. The molecule has 1 fully saturated rings. The molecule has 1 atom stereocenters. The van der Waals surface area contributed by atoms with Crippen LogP contribution in [0.2, 0.25) is 0 Å². The van der Waals surface area contributed by atoms with Gasteiger partial charge in [0.05, 0.1) is 0 Å². The average Bonchev–Trinajstić information content (AvgIpc) is 2.62. The lowest BCUT2D eigenvalue weighted by atomic mass is 9.95. The maximum absolute atomic E-state index is 6.03. The van der Waals surface area contributed by atoms with Crippen LogP contribution in [-0.2, 0) is 0 Å². The lowest BCUT2D eigenvalue weighted by Gasteiger charge is -2.13. The predicted molar refractivity (Wildman–Crippen MR) is 55.8 cm³/mol. The molecule has 1 aromatic carbocycles. The molecule has 1 aliphatic heterocycles. The van der Waals surface area contributed by atoms with Gasteiger partial charge in [0.2, 0.25) is 0 Å². The van der Waals surface area contributed by atoms with Gasteiger partial charge in [0.15, 0.2) is 0 Å². The minimum absolute atomic E-state index is 0.625. The second kappa shape index (κ2) is 3.38. The number of hydrogen-bond donors (Lipinski definition) is 2. The molecule has 1 saturated heterocycles. The van der Waals surface area contributed by atoms with Crippen molar-refractivity contribution in [2.75, 3.05) is 18.8 Å². The van der Waals surface area contributed by atoms with Crippen molar-refractivity contribution in [3.05, 3.63) is 29.3 Å². The van der Waals surface area contributed by atoms with Crippen molar-refractivity contribution in [1.29, 1.82) is 0 Å². The van der Waals surface area contributed by atoms with Gasteiger partial charge >= 0.3 is 0 Å². The molecule has 2 heteroatoms. The zero-order valence-corrected chi connectivity index (χ0v) is 8.01. The first-order valence-corrected chi connectivity index (χ1v) is 4.84. The van der Waals surface area contributed by atoms with Crippen LogP contribution in [-0.4, -0.2) is 13.1 Å². The van der Waals surface area contributed by atoms with Crippen LogP contribution in [0.25, 0.3) is 0 Å². The summed E-state index contributed by atoms with van der Waals surface area (Å²) < 4.78 is 0.